The molecule has 0 saturated carbocycles. The van der Waals surface area contributed by atoms with E-state index in [-0.39, 0.29) is 60.2 Å². The Labute approximate surface area is 387 Å². The highest BCUT2D eigenvalue weighted by atomic mass is 16.6. The summed E-state index contributed by atoms with van der Waals surface area (Å²) in [6.07, 6.45) is 6.78. The van der Waals surface area contributed by atoms with E-state index in [2.05, 4.69) is 0 Å². The quantitative estimate of drug-likeness (QED) is 0.0224. The lowest BCUT2D eigenvalue weighted by molar-refractivity contribution is -0.0132. The molecule has 4 atom stereocenters. The lowest BCUT2D eigenvalue weighted by Gasteiger charge is -2.14. The van der Waals surface area contributed by atoms with E-state index in [1.165, 1.54) is 25.0 Å². The first kappa shape index (κ1) is 51.8. The third kappa shape index (κ3) is 20.1. The van der Waals surface area contributed by atoms with E-state index in [0.717, 1.165) is 78.2 Å². The van der Waals surface area contributed by atoms with Gasteiger partial charge in [-0.25, -0.2) is 9.59 Å². The maximum absolute atomic E-state index is 12.9. The molecule has 2 saturated heterocycles. The van der Waals surface area contributed by atoms with Crippen LogP contribution in [0, 0.1) is 0 Å². The summed E-state index contributed by atoms with van der Waals surface area (Å²) in [5.74, 6) is -1.97. The van der Waals surface area contributed by atoms with Gasteiger partial charge in [-0.1, -0.05) is 123 Å². The van der Waals surface area contributed by atoms with Crippen molar-refractivity contribution in [2.24, 2.45) is 0 Å². The largest absolute Gasteiger partial charge is 0.459 e. The Bertz CT molecular complexity index is 1870. The minimum atomic E-state index is -1.01. The molecule has 0 aliphatic carbocycles. The summed E-state index contributed by atoms with van der Waals surface area (Å²) in [5.41, 5.74) is 1.64. The summed E-state index contributed by atoms with van der Waals surface area (Å²) in [4.78, 5) is 51.1. The van der Waals surface area contributed by atoms with Gasteiger partial charge in [0.25, 0.3) is 0 Å². The first-order chi connectivity index (χ1) is 32.3. The zero-order chi connectivity index (χ0) is 46.6. The number of carbonyl (C=O) groups is 4. The first-order valence-corrected chi connectivity index (χ1v) is 22.9. The molecule has 356 valence electrons. The average molecular weight is 913 g/mol. The third-order valence-electron chi connectivity index (χ3n) is 10.4. The number of aliphatic hydroxyl groups excluding tert-OH is 2. The molecule has 2 heterocycles. The minimum absolute atomic E-state index is 0.00162. The summed E-state index contributed by atoms with van der Waals surface area (Å²) in [7, 11) is 0. The summed E-state index contributed by atoms with van der Waals surface area (Å²) in [5, 5.41) is 20.4. The van der Waals surface area contributed by atoms with Gasteiger partial charge in [0.1, 0.15) is 37.6 Å². The van der Waals surface area contributed by atoms with Gasteiger partial charge in [0.2, 0.25) is 0 Å². The van der Waals surface area contributed by atoms with E-state index < -0.39 is 24.1 Å². The molecule has 0 bridgehead atoms. The fraction of sp³-hybridized carbons (Fsp3) is 0.462. The van der Waals surface area contributed by atoms with Crippen LogP contribution in [-0.2, 0) is 37.9 Å². The molecule has 6 rings (SSSR count). The van der Waals surface area contributed by atoms with Gasteiger partial charge in [-0.05, 0) is 37.8 Å². The van der Waals surface area contributed by atoms with Crippen molar-refractivity contribution in [1.29, 1.82) is 0 Å². The maximum Gasteiger partial charge on any atom is 0.338 e. The first-order valence-electron chi connectivity index (χ1n) is 22.9. The molecule has 14 nitrogen and oxygen atoms in total. The van der Waals surface area contributed by atoms with Gasteiger partial charge in [-0.15, -0.1) is 0 Å². The van der Waals surface area contributed by atoms with Crippen LogP contribution in [-0.4, -0.2) is 137 Å². The van der Waals surface area contributed by atoms with Gasteiger partial charge in [0, 0.05) is 48.7 Å². The minimum Gasteiger partial charge on any atom is -0.459 e. The van der Waals surface area contributed by atoms with E-state index in [0.29, 0.717) is 36.5 Å². The number of ketones is 2. The lowest BCUT2D eigenvalue weighted by atomic mass is 9.98. The molecule has 0 spiro atoms. The summed E-state index contributed by atoms with van der Waals surface area (Å²) in [6.45, 7) is 5.39. The van der Waals surface area contributed by atoms with Crippen LogP contribution in [0.3, 0.4) is 0 Å². The Hall–Kier alpha value is -5.16. The van der Waals surface area contributed by atoms with Crippen LogP contribution in [0.1, 0.15) is 104 Å². The lowest BCUT2D eigenvalue weighted by Crippen LogP contribution is -2.25. The Morgan fingerprint density at radius 1 is 0.439 bits per heavy atom. The fourth-order valence-electron chi connectivity index (χ4n) is 6.52. The van der Waals surface area contributed by atoms with Crippen LogP contribution in [0.25, 0.3) is 0 Å². The van der Waals surface area contributed by atoms with Crippen molar-refractivity contribution in [3.05, 3.63) is 143 Å². The van der Waals surface area contributed by atoms with Crippen LogP contribution < -0.4 is 0 Å². The monoisotopic (exact) mass is 912 g/mol. The number of aliphatic hydroxyl groups is 2. The molecular weight excluding hydrogens is 849 g/mol. The third-order valence-corrected chi connectivity index (χ3v) is 10.4. The number of benzene rings is 4. The molecule has 4 aromatic rings. The number of carbonyl (C=O) groups excluding carboxylic acids is 4. The van der Waals surface area contributed by atoms with Crippen LogP contribution in [0.2, 0.25) is 0 Å². The zero-order valence-electron chi connectivity index (χ0n) is 37.6. The predicted molar refractivity (Wildman–Crippen MR) is 245 cm³/mol. The molecule has 0 aromatic heterocycles. The number of ether oxygens (including phenoxy) is 8. The standard InChI is InChI=1S/C40H42O10.C12H22O4/c41-31(27-49-39(45)35-21-11-9-19-33(35)37(43)29-15-5-3-6-16-29)25-47-23-13-1-2-14-24-48-26-32(42)28-50-40(46)36-22-12-10-20-34(36)38(44)30-17-7-4-8-18-30;1(3-5-13-7-11-9-15-11)2-4-6-14-8-12-10-16-12/h3-12,15-22,31-32,41-42H,1-2,13-14,23-28H2;11-12H,1-10H2. The van der Waals surface area contributed by atoms with Gasteiger partial charge in [0.15, 0.2) is 11.6 Å². The van der Waals surface area contributed by atoms with Crippen LogP contribution in [0.4, 0.5) is 0 Å². The topological polar surface area (TPSA) is 189 Å². The van der Waals surface area contributed by atoms with Gasteiger partial charge < -0.3 is 48.1 Å². The van der Waals surface area contributed by atoms with Crippen molar-refractivity contribution in [1.82, 2.24) is 0 Å². The molecule has 14 heteroatoms. The van der Waals surface area contributed by atoms with Gasteiger partial charge in [-0.3, -0.25) is 9.59 Å². The van der Waals surface area contributed by atoms with E-state index in [1.54, 1.807) is 97.1 Å². The highest BCUT2D eigenvalue weighted by Gasteiger charge is 2.24. The molecule has 4 unspecified atom stereocenters. The van der Waals surface area contributed by atoms with Crippen LogP contribution in [0.5, 0.6) is 0 Å². The molecule has 2 aliphatic heterocycles. The van der Waals surface area contributed by atoms with E-state index in [4.69, 9.17) is 37.9 Å². The molecule has 2 fully saturated rings. The number of unbranched alkanes of at least 4 members (excludes halogenated alkanes) is 6. The second kappa shape index (κ2) is 30.2. The average Bonchev–Trinajstić information content (AvgIpc) is 4.31. The van der Waals surface area contributed by atoms with E-state index in [1.807, 2.05) is 0 Å². The van der Waals surface area contributed by atoms with Crippen molar-refractivity contribution >= 4 is 23.5 Å². The molecule has 2 N–H and O–H groups in total. The normalized spacial score (nSPS) is 15.7. The van der Waals surface area contributed by atoms with Crippen molar-refractivity contribution in [3.8, 4) is 0 Å². The smallest absolute Gasteiger partial charge is 0.338 e. The molecule has 4 aromatic carbocycles. The van der Waals surface area contributed by atoms with Crippen LogP contribution in [0.15, 0.2) is 109 Å². The highest BCUT2D eigenvalue weighted by Crippen LogP contribution is 2.18. The second-order valence-corrected chi connectivity index (χ2v) is 16.0. The number of hydrogen-bond acceptors (Lipinski definition) is 14. The predicted octanol–water partition coefficient (Wildman–Crippen LogP) is 6.86. The molecule has 0 radical (unpaired) electrons. The van der Waals surface area contributed by atoms with Crippen molar-refractivity contribution in [2.45, 2.75) is 75.8 Å². The van der Waals surface area contributed by atoms with Gasteiger partial charge in [0.05, 0.1) is 50.8 Å². The Morgan fingerprint density at radius 3 is 1.11 bits per heavy atom. The second-order valence-electron chi connectivity index (χ2n) is 16.0. The number of hydrogen-bond donors (Lipinski definition) is 2. The molecular formula is C52H64O14. The Balaban J connectivity index is 0.000000426. The highest BCUT2D eigenvalue weighted by molar-refractivity contribution is 6.15. The van der Waals surface area contributed by atoms with E-state index >= 15 is 0 Å². The van der Waals surface area contributed by atoms with E-state index in [9.17, 15) is 29.4 Å². The van der Waals surface area contributed by atoms with Crippen molar-refractivity contribution < 1.29 is 67.3 Å². The molecule has 66 heavy (non-hydrogen) atoms. The number of epoxide rings is 2. The summed E-state index contributed by atoms with van der Waals surface area (Å²) in [6, 6.07) is 30.1. The fourth-order valence-corrected chi connectivity index (χ4v) is 6.52. The summed E-state index contributed by atoms with van der Waals surface area (Å²) >= 11 is 0. The van der Waals surface area contributed by atoms with Crippen LogP contribution >= 0.6 is 0 Å². The summed E-state index contributed by atoms with van der Waals surface area (Å²) < 4.78 is 42.5. The number of rotatable bonds is 32. The van der Waals surface area contributed by atoms with Crippen molar-refractivity contribution in [2.75, 3.05) is 79.3 Å². The molecule has 2 aliphatic rings. The van der Waals surface area contributed by atoms with Crippen molar-refractivity contribution in [3.63, 3.8) is 0 Å². The zero-order valence-corrected chi connectivity index (χ0v) is 37.6. The SMILES string of the molecule is C(CCCOCC1CO1)CCOCC1CO1.O=C(OCC(O)COCCCCCCOCC(O)COC(=O)c1ccccc1C(=O)c1ccccc1)c1ccccc1C(=O)c1ccccc1. The number of esters is 2. The van der Waals surface area contributed by atoms with Gasteiger partial charge >= 0.3 is 11.9 Å². The Morgan fingerprint density at radius 2 is 0.758 bits per heavy atom. The van der Waals surface area contributed by atoms with Gasteiger partial charge in [-0.2, -0.15) is 0 Å². The maximum atomic E-state index is 12.9. The molecule has 0 amide bonds. The Kier molecular flexibility index (Phi) is 23.7.